The van der Waals surface area contributed by atoms with Gasteiger partial charge in [-0.15, -0.1) is 11.3 Å². The molecular weight excluding hydrogens is 330 g/mol. The molecule has 0 aliphatic carbocycles. The van der Waals surface area contributed by atoms with Crippen molar-refractivity contribution < 1.29 is 8.42 Å². The summed E-state index contributed by atoms with van der Waals surface area (Å²) in [5.74, 6) is 0. The summed E-state index contributed by atoms with van der Waals surface area (Å²) < 4.78 is 27.3. The SMILES string of the molecule is CNC1CCN(S(=O)(=O)c2cccc(-c3nc(C)cs3)c2)CC1. The highest BCUT2D eigenvalue weighted by Gasteiger charge is 2.29. The Balaban J connectivity index is 1.86. The number of hydrogen-bond donors (Lipinski definition) is 1. The molecule has 1 fully saturated rings. The number of hydrogen-bond acceptors (Lipinski definition) is 5. The maximum Gasteiger partial charge on any atom is 0.243 e. The second-order valence-electron chi connectivity index (χ2n) is 5.79. The first-order valence-electron chi connectivity index (χ1n) is 7.70. The fourth-order valence-electron chi connectivity index (χ4n) is 2.81. The molecule has 5 nitrogen and oxygen atoms in total. The van der Waals surface area contributed by atoms with E-state index in [1.54, 1.807) is 22.5 Å². The minimum absolute atomic E-state index is 0.353. The zero-order chi connectivity index (χ0) is 16.4. The molecule has 7 heteroatoms. The molecule has 1 aliphatic rings. The van der Waals surface area contributed by atoms with Crippen molar-refractivity contribution in [2.24, 2.45) is 0 Å². The van der Waals surface area contributed by atoms with Crippen LogP contribution in [0.25, 0.3) is 10.6 Å². The van der Waals surface area contributed by atoms with Gasteiger partial charge in [-0.3, -0.25) is 0 Å². The molecule has 0 bridgehead atoms. The van der Waals surface area contributed by atoms with Crippen LogP contribution in [0.4, 0.5) is 0 Å². The van der Waals surface area contributed by atoms with Gasteiger partial charge < -0.3 is 5.32 Å². The first-order chi connectivity index (χ1) is 11.0. The van der Waals surface area contributed by atoms with Gasteiger partial charge in [-0.1, -0.05) is 12.1 Å². The third-order valence-electron chi connectivity index (χ3n) is 4.20. The molecule has 23 heavy (non-hydrogen) atoms. The molecule has 1 N–H and O–H groups in total. The molecule has 124 valence electrons. The molecular formula is C16H21N3O2S2. The Bertz CT molecular complexity index is 778. The van der Waals surface area contributed by atoms with E-state index in [0.717, 1.165) is 29.1 Å². The van der Waals surface area contributed by atoms with E-state index < -0.39 is 10.0 Å². The second-order valence-corrected chi connectivity index (χ2v) is 8.58. The number of aryl methyl sites for hydroxylation is 1. The largest absolute Gasteiger partial charge is 0.317 e. The third kappa shape index (κ3) is 3.47. The molecule has 0 saturated carbocycles. The summed E-state index contributed by atoms with van der Waals surface area (Å²) in [5.41, 5.74) is 1.81. The van der Waals surface area contributed by atoms with Gasteiger partial charge in [0, 0.05) is 35.8 Å². The van der Waals surface area contributed by atoms with Crippen molar-refractivity contribution in [1.82, 2.24) is 14.6 Å². The Morgan fingerprint density at radius 2 is 2.04 bits per heavy atom. The Morgan fingerprint density at radius 3 is 2.65 bits per heavy atom. The van der Waals surface area contributed by atoms with Crippen molar-refractivity contribution in [2.75, 3.05) is 20.1 Å². The first kappa shape index (κ1) is 16.6. The number of benzene rings is 1. The van der Waals surface area contributed by atoms with Gasteiger partial charge in [0.15, 0.2) is 0 Å². The number of nitrogens with one attached hydrogen (secondary N) is 1. The number of rotatable bonds is 4. The van der Waals surface area contributed by atoms with Gasteiger partial charge in [0.25, 0.3) is 0 Å². The predicted molar refractivity (Wildman–Crippen MR) is 93.1 cm³/mol. The van der Waals surface area contributed by atoms with Crippen LogP contribution in [0.2, 0.25) is 0 Å². The van der Waals surface area contributed by atoms with Crippen molar-refractivity contribution >= 4 is 21.4 Å². The summed E-state index contributed by atoms with van der Waals surface area (Å²) in [6, 6.07) is 7.51. The number of aromatic nitrogens is 1. The summed E-state index contributed by atoms with van der Waals surface area (Å²) in [7, 11) is -1.51. The van der Waals surface area contributed by atoms with Crippen LogP contribution in [-0.4, -0.2) is 43.9 Å². The Hall–Kier alpha value is -1.28. The van der Waals surface area contributed by atoms with E-state index >= 15 is 0 Å². The zero-order valence-electron chi connectivity index (χ0n) is 13.3. The maximum absolute atomic E-state index is 12.9. The average Bonchev–Trinajstić information content (AvgIpc) is 3.01. The topological polar surface area (TPSA) is 62.3 Å². The summed E-state index contributed by atoms with van der Waals surface area (Å²) >= 11 is 1.53. The van der Waals surface area contributed by atoms with E-state index in [4.69, 9.17) is 0 Å². The van der Waals surface area contributed by atoms with E-state index in [2.05, 4.69) is 10.3 Å². The van der Waals surface area contributed by atoms with Gasteiger partial charge >= 0.3 is 0 Å². The Kier molecular flexibility index (Phi) is 4.82. The lowest BCUT2D eigenvalue weighted by atomic mass is 10.1. The Morgan fingerprint density at radius 1 is 1.30 bits per heavy atom. The maximum atomic E-state index is 12.9. The lowest BCUT2D eigenvalue weighted by Crippen LogP contribution is -2.43. The molecule has 1 aromatic heterocycles. The van der Waals surface area contributed by atoms with Crippen molar-refractivity contribution in [1.29, 1.82) is 0 Å². The van der Waals surface area contributed by atoms with E-state index in [-0.39, 0.29) is 0 Å². The van der Waals surface area contributed by atoms with Gasteiger partial charge in [0.1, 0.15) is 5.01 Å². The smallest absolute Gasteiger partial charge is 0.243 e. The Labute approximate surface area is 141 Å². The normalized spacial score (nSPS) is 17.5. The van der Waals surface area contributed by atoms with Crippen LogP contribution in [0.15, 0.2) is 34.5 Å². The molecule has 3 rings (SSSR count). The van der Waals surface area contributed by atoms with Crippen molar-refractivity contribution in [3.8, 4) is 10.6 Å². The van der Waals surface area contributed by atoms with E-state index in [9.17, 15) is 8.42 Å². The number of sulfonamides is 1. The minimum atomic E-state index is -3.43. The number of piperidine rings is 1. The van der Waals surface area contributed by atoms with Gasteiger partial charge in [0.05, 0.1) is 4.90 Å². The molecule has 0 amide bonds. The van der Waals surface area contributed by atoms with Crippen LogP contribution in [-0.2, 0) is 10.0 Å². The summed E-state index contributed by atoms with van der Waals surface area (Å²) in [4.78, 5) is 4.79. The highest BCUT2D eigenvalue weighted by molar-refractivity contribution is 7.89. The molecule has 0 radical (unpaired) electrons. The number of thiazole rings is 1. The van der Waals surface area contributed by atoms with Gasteiger partial charge in [-0.05, 0) is 38.9 Å². The molecule has 2 aromatic rings. The van der Waals surface area contributed by atoms with E-state index in [1.165, 1.54) is 11.3 Å². The van der Waals surface area contributed by atoms with Crippen molar-refractivity contribution in [3.05, 3.63) is 35.3 Å². The average molecular weight is 351 g/mol. The van der Waals surface area contributed by atoms with Gasteiger partial charge in [-0.25, -0.2) is 13.4 Å². The lowest BCUT2D eigenvalue weighted by Gasteiger charge is -2.31. The van der Waals surface area contributed by atoms with Crippen molar-refractivity contribution in [2.45, 2.75) is 30.7 Å². The minimum Gasteiger partial charge on any atom is -0.317 e. The molecule has 0 atom stereocenters. The van der Waals surface area contributed by atoms with Crippen molar-refractivity contribution in [3.63, 3.8) is 0 Å². The third-order valence-corrected chi connectivity index (χ3v) is 7.10. The fourth-order valence-corrected chi connectivity index (χ4v) is 5.12. The summed E-state index contributed by atoms with van der Waals surface area (Å²) in [6.45, 7) is 3.06. The molecule has 0 spiro atoms. The van der Waals surface area contributed by atoms with Crippen LogP contribution in [0.5, 0.6) is 0 Å². The zero-order valence-corrected chi connectivity index (χ0v) is 15.0. The van der Waals surface area contributed by atoms with E-state index in [1.807, 2.05) is 25.4 Å². The summed E-state index contributed by atoms with van der Waals surface area (Å²) in [5, 5.41) is 6.05. The standard InChI is InChI=1S/C16H21N3O2S2/c1-12-11-22-16(18-12)13-4-3-5-15(10-13)23(20,21)19-8-6-14(17-2)7-9-19/h3-5,10-11,14,17H,6-9H2,1-2H3. The van der Waals surface area contributed by atoms with E-state index in [0.29, 0.717) is 24.0 Å². The first-order valence-corrected chi connectivity index (χ1v) is 10.0. The lowest BCUT2D eigenvalue weighted by molar-refractivity contribution is 0.298. The molecule has 1 aliphatic heterocycles. The molecule has 2 heterocycles. The molecule has 1 aromatic carbocycles. The van der Waals surface area contributed by atoms with Crippen LogP contribution in [0.1, 0.15) is 18.5 Å². The highest BCUT2D eigenvalue weighted by atomic mass is 32.2. The van der Waals surface area contributed by atoms with Crippen LogP contribution >= 0.6 is 11.3 Å². The molecule has 0 unspecified atom stereocenters. The van der Waals surface area contributed by atoms with Crippen LogP contribution < -0.4 is 5.32 Å². The summed E-state index contributed by atoms with van der Waals surface area (Å²) in [6.07, 6.45) is 1.70. The van der Waals surface area contributed by atoms with Gasteiger partial charge in [-0.2, -0.15) is 4.31 Å². The van der Waals surface area contributed by atoms with Crippen LogP contribution in [0, 0.1) is 6.92 Å². The fraction of sp³-hybridized carbons (Fsp3) is 0.438. The highest BCUT2D eigenvalue weighted by Crippen LogP contribution is 2.28. The van der Waals surface area contributed by atoms with Crippen LogP contribution in [0.3, 0.4) is 0 Å². The molecule has 1 saturated heterocycles. The predicted octanol–water partition coefficient (Wildman–Crippen LogP) is 2.49. The van der Waals surface area contributed by atoms with Gasteiger partial charge in [0.2, 0.25) is 10.0 Å². The number of nitrogens with zero attached hydrogens (tertiary/aromatic N) is 2. The monoisotopic (exact) mass is 351 g/mol. The second kappa shape index (κ2) is 6.68. The quantitative estimate of drug-likeness (QED) is 0.919.